The van der Waals surface area contributed by atoms with Crippen molar-refractivity contribution in [1.82, 2.24) is 18.4 Å². The number of aromatic nitrogens is 2. The zero-order valence-electron chi connectivity index (χ0n) is 13.5. The van der Waals surface area contributed by atoms with Gasteiger partial charge in [0.15, 0.2) is 0 Å². The average molecular weight is 377 g/mol. The second kappa shape index (κ2) is 5.86. The summed E-state index contributed by atoms with van der Waals surface area (Å²) in [5.74, 6) is -0.508. The van der Waals surface area contributed by atoms with Crippen molar-refractivity contribution in [2.24, 2.45) is 14.1 Å². The van der Waals surface area contributed by atoms with Gasteiger partial charge in [-0.1, -0.05) is 17.7 Å². The van der Waals surface area contributed by atoms with E-state index < -0.39 is 5.82 Å². The number of allylic oxidation sites excluding steroid dienone is 3. The van der Waals surface area contributed by atoms with Crippen molar-refractivity contribution in [2.45, 2.75) is 0 Å². The van der Waals surface area contributed by atoms with Crippen LogP contribution in [0.5, 0.6) is 0 Å². The molecule has 0 amide bonds. The molecule has 1 N–H and O–H groups in total. The van der Waals surface area contributed by atoms with Crippen molar-refractivity contribution in [1.29, 1.82) is 0 Å². The summed E-state index contributed by atoms with van der Waals surface area (Å²) in [5.41, 5.74) is 3.56. The Kier molecular flexibility index (Phi) is 3.77. The van der Waals surface area contributed by atoms with Gasteiger partial charge < -0.3 is 4.72 Å². The van der Waals surface area contributed by atoms with Crippen LogP contribution in [0.15, 0.2) is 53.2 Å². The van der Waals surface area contributed by atoms with E-state index in [2.05, 4.69) is 4.72 Å². The minimum absolute atomic E-state index is 0.00667. The van der Waals surface area contributed by atoms with Crippen molar-refractivity contribution in [3.63, 3.8) is 0 Å². The van der Waals surface area contributed by atoms with Gasteiger partial charge in [0.1, 0.15) is 5.82 Å². The maximum atomic E-state index is 13.5. The maximum Gasteiger partial charge on any atom is 0.274 e. The minimum Gasteiger partial charge on any atom is -0.316 e. The summed E-state index contributed by atoms with van der Waals surface area (Å²) in [7, 11) is 3.52. The number of hydrogen-bond acceptors (Lipinski definition) is 4. The summed E-state index contributed by atoms with van der Waals surface area (Å²) in [5, 5.41) is -0.00667. The van der Waals surface area contributed by atoms with E-state index in [-0.39, 0.29) is 10.6 Å². The van der Waals surface area contributed by atoms with Crippen molar-refractivity contribution in [2.75, 3.05) is 0 Å². The van der Waals surface area contributed by atoms with Crippen LogP contribution in [0.1, 0.15) is 5.69 Å². The fourth-order valence-electron chi connectivity index (χ4n) is 2.94. The van der Waals surface area contributed by atoms with Crippen LogP contribution in [0.25, 0.3) is 16.7 Å². The van der Waals surface area contributed by atoms with E-state index in [9.17, 15) is 9.18 Å². The molecule has 0 aliphatic carbocycles. The number of rotatable bonds is 2. The standard InChI is InChI=1S/C17H14ClFN4OS/c1-21-16(11-5-6-23-12(7-11)9-20-25-23)15(17(24)22(21)2)10-3-4-14(19)13(18)8-10/h3-9,20H,1-2H3. The molecule has 0 bridgehead atoms. The van der Waals surface area contributed by atoms with Crippen LogP contribution in [0.2, 0.25) is 5.02 Å². The molecule has 1 aromatic carbocycles. The first-order valence-corrected chi connectivity index (χ1v) is 8.66. The molecule has 25 heavy (non-hydrogen) atoms. The third-order valence-corrected chi connectivity index (χ3v) is 5.35. The lowest BCUT2D eigenvalue weighted by atomic mass is 9.99. The van der Waals surface area contributed by atoms with E-state index >= 15 is 0 Å². The van der Waals surface area contributed by atoms with Gasteiger partial charge in [-0.3, -0.25) is 18.5 Å². The quantitative estimate of drug-likeness (QED) is 0.816. The molecule has 0 spiro atoms. The topological polar surface area (TPSA) is 42.2 Å². The molecule has 128 valence electrons. The molecule has 0 saturated carbocycles. The lowest BCUT2D eigenvalue weighted by Gasteiger charge is -2.18. The van der Waals surface area contributed by atoms with E-state index in [1.54, 1.807) is 17.8 Å². The highest BCUT2D eigenvalue weighted by atomic mass is 35.5. The van der Waals surface area contributed by atoms with Gasteiger partial charge in [-0.15, -0.1) is 0 Å². The summed E-state index contributed by atoms with van der Waals surface area (Å²) in [4.78, 5) is 12.8. The first kappa shape index (κ1) is 16.1. The van der Waals surface area contributed by atoms with Gasteiger partial charge in [0.2, 0.25) is 0 Å². The molecule has 0 atom stereocenters. The fourth-order valence-corrected chi connectivity index (χ4v) is 3.74. The Labute approximate surface area is 152 Å². The normalized spacial score (nSPS) is 15.8. The van der Waals surface area contributed by atoms with Gasteiger partial charge in [-0.05, 0) is 29.8 Å². The molecule has 2 aliphatic rings. The van der Waals surface area contributed by atoms with E-state index in [0.29, 0.717) is 11.1 Å². The largest absolute Gasteiger partial charge is 0.316 e. The second-order valence-electron chi connectivity index (χ2n) is 5.72. The lowest BCUT2D eigenvalue weighted by Crippen LogP contribution is -2.17. The Hall–Kier alpha value is -2.38. The Morgan fingerprint density at radius 3 is 2.80 bits per heavy atom. The van der Waals surface area contributed by atoms with E-state index in [4.69, 9.17) is 11.6 Å². The summed E-state index contributed by atoms with van der Waals surface area (Å²) in [6, 6.07) is 4.34. The van der Waals surface area contributed by atoms with Crippen molar-refractivity contribution in [3.8, 4) is 11.1 Å². The van der Waals surface area contributed by atoms with E-state index in [0.717, 1.165) is 17.0 Å². The van der Waals surface area contributed by atoms with Crippen molar-refractivity contribution >= 4 is 29.3 Å². The van der Waals surface area contributed by atoms with Crippen molar-refractivity contribution in [3.05, 3.63) is 75.3 Å². The van der Waals surface area contributed by atoms with Gasteiger partial charge in [-0.2, -0.15) is 0 Å². The molecule has 3 heterocycles. The van der Waals surface area contributed by atoms with Gasteiger partial charge >= 0.3 is 0 Å². The van der Waals surface area contributed by atoms with E-state index in [1.807, 2.05) is 35.9 Å². The predicted molar refractivity (Wildman–Crippen MR) is 98.8 cm³/mol. The van der Waals surface area contributed by atoms with Crippen LogP contribution in [-0.2, 0) is 14.1 Å². The molecule has 2 aliphatic heterocycles. The first-order chi connectivity index (χ1) is 12.0. The first-order valence-electron chi connectivity index (χ1n) is 7.51. The van der Waals surface area contributed by atoms with Gasteiger partial charge in [0.05, 0.1) is 34.1 Å². The number of halogens is 2. The average Bonchev–Trinajstić information content (AvgIpc) is 3.15. The SMILES string of the molecule is Cn1c(C2=CC3=CNSN3C=C2)c(-c2ccc(F)c(Cl)c2)c(=O)n1C. The number of benzene rings is 1. The van der Waals surface area contributed by atoms with E-state index in [1.165, 1.54) is 28.9 Å². The Bertz CT molecular complexity index is 1030. The molecule has 8 heteroatoms. The fraction of sp³-hybridized carbons (Fsp3) is 0.118. The summed E-state index contributed by atoms with van der Waals surface area (Å²) in [6.07, 6.45) is 7.77. The number of nitrogens with one attached hydrogen (secondary N) is 1. The van der Waals surface area contributed by atoms with Crippen LogP contribution in [0.3, 0.4) is 0 Å². The third-order valence-electron chi connectivity index (χ3n) is 4.31. The molecule has 4 rings (SSSR count). The number of nitrogens with zero attached hydrogens (tertiary/aromatic N) is 3. The van der Waals surface area contributed by atoms with Crippen molar-refractivity contribution < 1.29 is 4.39 Å². The molecule has 2 aromatic rings. The Morgan fingerprint density at radius 2 is 2.04 bits per heavy atom. The van der Waals surface area contributed by atoms with Crippen LogP contribution >= 0.6 is 23.7 Å². The third kappa shape index (κ3) is 2.51. The highest BCUT2D eigenvalue weighted by Crippen LogP contribution is 2.35. The van der Waals surface area contributed by atoms with Crippen LogP contribution in [0, 0.1) is 5.82 Å². The molecule has 1 aromatic heterocycles. The Morgan fingerprint density at radius 1 is 1.24 bits per heavy atom. The summed E-state index contributed by atoms with van der Waals surface area (Å²) in [6.45, 7) is 0. The highest BCUT2D eigenvalue weighted by molar-refractivity contribution is 7.95. The molecule has 0 unspecified atom stereocenters. The zero-order valence-corrected chi connectivity index (χ0v) is 15.0. The summed E-state index contributed by atoms with van der Waals surface area (Å²) < 4.78 is 21.9. The number of hydrogen-bond donors (Lipinski definition) is 1. The van der Waals surface area contributed by atoms with Crippen LogP contribution in [0.4, 0.5) is 4.39 Å². The van der Waals surface area contributed by atoms with Gasteiger partial charge in [-0.25, -0.2) is 4.39 Å². The zero-order chi connectivity index (χ0) is 17.7. The second-order valence-corrected chi connectivity index (χ2v) is 6.94. The predicted octanol–water partition coefficient (Wildman–Crippen LogP) is 3.40. The van der Waals surface area contributed by atoms with Crippen LogP contribution in [-0.4, -0.2) is 13.7 Å². The highest BCUT2D eigenvalue weighted by Gasteiger charge is 2.24. The number of fused-ring (bicyclic) bond motifs is 1. The molecule has 0 fully saturated rings. The molecule has 0 radical (unpaired) electrons. The van der Waals surface area contributed by atoms with Crippen LogP contribution < -0.4 is 10.3 Å². The molecule has 5 nitrogen and oxygen atoms in total. The van der Waals surface area contributed by atoms with Gasteiger partial charge in [0, 0.05) is 32.1 Å². The lowest BCUT2D eigenvalue weighted by molar-refractivity contribution is 0.574. The molecular formula is C17H14ClFN4OS. The monoisotopic (exact) mass is 376 g/mol. The smallest absolute Gasteiger partial charge is 0.274 e. The molecule has 0 saturated heterocycles. The van der Waals surface area contributed by atoms with Gasteiger partial charge in [0.25, 0.3) is 5.56 Å². The summed E-state index contributed by atoms with van der Waals surface area (Å²) >= 11 is 7.39. The molecular weight excluding hydrogens is 363 g/mol. The Balaban J connectivity index is 1.94. The minimum atomic E-state index is -0.508. The maximum absolute atomic E-state index is 13.5.